The molecule has 0 atom stereocenters. The summed E-state index contributed by atoms with van der Waals surface area (Å²) < 4.78 is 5.61. The second kappa shape index (κ2) is 9.04. The van der Waals surface area contributed by atoms with Gasteiger partial charge < -0.3 is 15.4 Å². The van der Waals surface area contributed by atoms with Crippen LogP contribution in [-0.2, 0) is 11.3 Å². The van der Waals surface area contributed by atoms with Gasteiger partial charge in [0.15, 0.2) is 6.61 Å². The zero-order valence-electron chi connectivity index (χ0n) is 13.1. The number of ether oxygens (including phenoxy) is 1. The molecule has 0 aliphatic rings. The van der Waals surface area contributed by atoms with Crippen molar-refractivity contribution in [3.8, 4) is 18.1 Å². The highest BCUT2D eigenvalue weighted by molar-refractivity contribution is 5.77. The Morgan fingerprint density at radius 1 is 1.33 bits per heavy atom. The molecule has 114 valence electrons. The zero-order chi connectivity index (χ0) is 15.7. The quantitative estimate of drug-likeness (QED) is 0.568. The minimum atomic E-state index is -0.208. The highest BCUT2D eigenvalue weighted by Gasteiger charge is 2.08. The van der Waals surface area contributed by atoms with Gasteiger partial charge >= 0.3 is 0 Å². The van der Waals surface area contributed by atoms with Crippen LogP contribution in [0.3, 0.4) is 0 Å². The highest BCUT2D eigenvalue weighted by Crippen LogP contribution is 2.24. The monoisotopic (exact) mass is 288 g/mol. The van der Waals surface area contributed by atoms with Crippen LogP contribution in [0.2, 0.25) is 0 Å². The van der Waals surface area contributed by atoms with Crippen LogP contribution < -0.4 is 15.4 Å². The van der Waals surface area contributed by atoms with Crippen LogP contribution in [0, 0.1) is 26.2 Å². The molecule has 0 saturated heterocycles. The van der Waals surface area contributed by atoms with E-state index in [0.717, 1.165) is 36.4 Å². The third-order valence-corrected chi connectivity index (χ3v) is 3.01. The van der Waals surface area contributed by atoms with E-state index in [-0.39, 0.29) is 19.1 Å². The topological polar surface area (TPSA) is 50.4 Å². The first-order valence-electron chi connectivity index (χ1n) is 7.22. The second-order valence-corrected chi connectivity index (χ2v) is 5.01. The van der Waals surface area contributed by atoms with Crippen LogP contribution in [0.4, 0.5) is 0 Å². The number of carbonyl (C=O) groups is 1. The average molecular weight is 288 g/mol. The lowest BCUT2D eigenvalue weighted by Gasteiger charge is -2.14. The molecule has 0 saturated carbocycles. The molecular weight excluding hydrogens is 264 g/mol. The molecule has 0 aliphatic heterocycles. The van der Waals surface area contributed by atoms with E-state index in [0.29, 0.717) is 0 Å². The normalized spacial score (nSPS) is 10.0. The van der Waals surface area contributed by atoms with Gasteiger partial charge in [0, 0.05) is 6.54 Å². The van der Waals surface area contributed by atoms with E-state index in [9.17, 15) is 4.79 Å². The maximum atomic E-state index is 11.5. The first-order valence-corrected chi connectivity index (χ1v) is 7.22. The SMILES string of the molecule is C#CCNC(=O)COc1c(C)cc(CNCCC)cc1C. The zero-order valence-corrected chi connectivity index (χ0v) is 13.1. The minimum Gasteiger partial charge on any atom is -0.483 e. The predicted octanol–water partition coefficient (Wildman–Crippen LogP) is 1.93. The molecule has 0 heterocycles. The van der Waals surface area contributed by atoms with Gasteiger partial charge in [-0.1, -0.05) is 25.0 Å². The lowest BCUT2D eigenvalue weighted by molar-refractivity contribution is -0.122. The van der Waals surface area contributed by atoms with E-state index >= 15 is 0 Å². The first-order chi connectivity index (χ1) is 10.1. The molecule has 1 aromatic carbocycles. The number of nitrogens with one attached hydrogen (secondary N) is 2. The molecule has 1 aromatic rings. The number of hydrogen-bond acceptors (Lipinski definition) is 3. The second-order valence-electron chi connectivity index (χ2n) is 5.01. The molecule has 0 aliphatic carbocycles. The Labute approximate surface area is 127 Å². The van der Waals surface area contributed by atoms with Crippen LogP contribution in [0.5, 0.6) is 5.75 Å². The van der Waals surface area contributed by atoms with Crippen molar-refractivity contribution in [1.29, 1.82) is 0 Å². The fourth-order valence-corrected chi connectivity index (χ4v) is 2.12. The summed E-state index contributed by atoms with van der Waals surface area (Å²) >= 11 is 0. The molecule has 1 rings (SSSR count). The fraction of sp³-hybridized carbons (Fsp3) is 0.471. The van der Waals surface area contributed by atoms with Crippen LogP contribution in [0.15, 0.2) is 12.1 Å². The number of aryl methyl sites for hydroxylation is 2. The molecular formula is C17H24N2O2. The van der Waals surface area contributed by atoms with Gasteiger partial charge in [0.2, 0.25) is 0 Å². The lowest BCUT2D eigenvalue weighted by atomic mass is 10.1. The van der Waals surface area contributed by atoms with Crippen molar-refractivity contribution >= 4 is 5.91 Å². The fourth-order valence-electron chi connectivity index (χ4n) is 2.12. The van der Waals surface area contributed by atoms with Crippen molar-refractivity contribution < 1.29 is 9.53 Å². The number of carbonyl (C=O) groups excluding carboxylic acids is 1. The van der Waals surface area contributed by atoms with E-state index < -0.39 is 0 Å². The Kier molecular flexibility index (Phi) is 7.34. The molecule has 0 fully saturated rings. The van der Waals surface area contributed by atoms with E-state index in [1.807, 2.05) is 13.8 Å². The van der Waals surface area contributed by atoms with Crippen LogP contribution in [0.1, 0.15) is 30.0 Å². The van der Waals surface area contributed by atoms with Crippen molar-refractivity contribution in [3.63, 3.8) is 0 Å². The van der Waals surface area contributed by atoms with E-state index in [1.54, 1.807) is 0 Å². The van der Waals surface area contributed by atoms with Crippen molar-refractivity contribution in [2.24, 2.45) is 0 Å². The Morgan fingerprint density at radius 3 is 2.57 bits per heavy atom. The van der Waals surface area contributed by atoms with E-state index in [2.05, 4.69) is 35.6 Å². The summed E-state index contributed by atoms with van der Waals surface area (Å²) in [6.07, 6.45) is 6.20. The first kappa shape index (κ1) is 17.1. The molecule has 21 heavy (non-hydrogen) atoms. The van der Waals surface area contributed by atoms with Crippen LogP contribution >= 0.6 is 0 Å². The van der Waals surface area contributed by atoms with Crippen molar-refractivity contribution in [2.45, 2.75) is 33.7 Å². The summed E-state index contributed by atoms with van der Waals surface area (Å²) in [4.78, 5) is 11.5. The standard InChI is InChI=1S/C17H24N2O2/c1-5-7-18-11-15-9-13(3)17(14(4)10-15)21-12-16(20)19-8-6-2/h2,9-10,18H,5,7-8,11-12H2,1,3-4H3,(H,19,20). The Balaban J connectivity index is 2.63. The number of terminal acetylenes is 1. The highest BCUT2D eigenvalue weighted by atomic mass is 16.5. The van der Waals surface area contributed by atoms with Gasteiger partial charge in [0.1, 0.15) is 5.75 Å². The van der Waals surface area contributed by atoms with Gasteiger partial charge in [0.25, 0.3) is 5.91 Å². The van der Waals surface area contributed by atoms with Crippen molar-refractivity contribution in [1.82, 2.24) is 10.6 Å². The molecule has 0 unspecified atom stereocenters. The smallest absolute Gasteiger partial charge is 0.258 e. The lowest BCUT2D eigenvalue weighted by Crippen LogP contribution is -2.29. The summed E-state index contributed by atoms with van der Waals surface area (Å²) in [7, 11) is 0. The molecule has 0 aromatic heterocycles. The van der Waals surface area contributed by atoms with Crippen molar-refractivity contribution in [3.05, 3.63) is 28.8 Å². The molecule has 4 nitrogen and oxygen atoms in total. The van der Waals surface area contributed by atoms with E-state index in [1.165, 1.54) is 5.56 Å². The van der Waals surface area contributed by atoms with Gasteiger partial charge in [-0.3, -0.25) is 4.79 Å². The number of amides is 1. The molecule has 2 N–H and O–H groups in total. The average Bonchev–Trinajstić information content (AvgIpc) is 2.44. The molecule has 0 spiro atoms. The third kappa shape index (κ3) is 5.88. The summed E-state index contributed by atoms with van der Waals surface area (Å²) in [6, 6.07) is 4.18. The maximum absolute atomic E-state index is 11.5. The predicted molar refractivity (Wildman–Crippen MR) is 85.3 cm³/mol. The number of benzene rings is 1. The minimum absolute atomic E-state index is 0.0171. The third-order valence-electron chi connectivity index (χ3n) is 3.01. The summed E-state index contributed by atoms with van der Waals surface area (Å²) in [5.74, 6) is 2.92. The van der Waals surface area contributed by atoms with Crippen LogP contribution in [0.25, 0.3) is 0 Å². The van der Waals surface area contributed by atoms with E-state index in [4.69, 9.17) is 11.2 Å². The molecule has 0 radical (unpaired) electrons. The maximum Gasteiger partial charge on any atom is 0.258 e. The summed E-state index contributed by atoms with van der Waals surface area (Å²) in [5, 5.41) is 5.95. The Hall–Kier alpha value is -1.99. The van der Waals surface area contributed by atoms with Gasteiger partial charge in [-0.25, -0.2) is 0 Å². The largest absolute Gasteiger partial charge is 0.483 e. The van der Waals surface area contributed by atoms with Gasteiger partial charge in [-0.05, 0) is 43.5 Å². The molecule has 0 bridgehead atoms. The molecule has 4 heteroatoms. The van der Waals surface area contributed by atoms with Gasteiger partial charge in [-0.2, -0.15) is 0 Å². The Morgan fingerprint density at radius 2 is 2.00 bits per heavy atom. The number of rotatable bonds is 8. The van der Waals surface area contributed by atoms with Gasteiger partial charge in [-0.15, -0.1) is 6.42 Å². The van der Waals surface area contributed by atoms with Gasteiger partial charge in [0.05, 0.1) is 6.54 Å². The van der Waals surface area contributed by atoms with Crippen LogP contribution in [-0.4, -0.2) is 25.6 Å². The number of hydrogen-bond donors (Lipinski definition) is 2. The summed E-state index contributed by atoms with van der Waals surface area (Å²) in [6.45, 7) is 8.19. The summed E-state index contributed by atoms with van der Waals surface area (Å²) in [5.41, 5.74) is 3.30. The molecule has 1 amide bonds. The Bertz CT molecular complexity index is 495. The van der Waals surface area contributed by atoms with Crippen molar-refractivity contribution in [2.75, 3.05) is 19.7 Å².